The van der Waals surface area contributed by atoms with Gasteiger partial charge in [-0.3, -0.25) is 9.59 Å². The highest BCUT2D eigenvalue weighted by molar-refractivity contribution is 5.81. The molecule has 1 aromatic rings. The lowest BCUT2D eigenvalue weighted by Gasteiger charge is -2.32. The molecule has 0 bridgehead atoms. The van der Waals surface area contributed by atoms with Gasteiger partial charge in [0.2, 0.25) is 5.91 Å². The fraction of sp³-hybridized carbons (Fsp3) is 0.538. The number of hydrogen-bond donors (Lipinski definition) is 4. The Kier molecular flexibility index (Phi) is 3.90. The van der Waals surface area contributed by atoms with Crippen molar-refractivity contribution in [2.75, 3.05) is 0 Å². The molecule has 6 nitrogen and oxygen atoms in total. The highest BCUT2D eigenvalue weighted by atomic mass is 16.4. The minimum atomic E-state index is -1.16. The summed E-state index contributed by atoms with van der Waals surface area (Å²) >= 11 is 0. The van der Waals surface area contributed by atoms with Crippen LogP contribution in [0.1, 0.15) is 31.4 Å². The summed E-state index contributed by atoms with van der Waals surface area (Å²) in [5, 5.41) is 11.9. The Hall–Kier alpha value is -1.82. The lowest BCUT2D eigenvalue weighted by Crippen LogP contribution is -2.51. The molecule has 0 aromatic carbocycles. The van der Waals surface area contributed by atoms with Crippen LogP contribution in [-0.4, -0.2) is 27.5 Å². The number of carboxylic acids is 1. The average Bonchev–Trinajstić information content (AvgIpc) is 2.90. The van der Waals surface area contributed by atoms with E-state index in [2.05, 4.69) is 10.3 Å². The number of carbonyl (C=O) groups is 2. The molecule has 1 aliphatic rings. The van der Waals surface area contributed by atoms with Crippen molar-refractivity contribution >= 4 is 11.9 Å². The van der Waals surface area contributed by atoms with Crippen molar-refractivity contribution < 1.29 is 14.7 Å². The van der Waals surface area contributed by atoms with Crippen LogP contribution < -0.4 is 11.1 Å². The average molecular weight is 265 g/mol. The lowest BCUT2D eigenvalue weighted by atomic mass is 9.77. The molecule has 1 aliphatic carbocycles. The van der Waals surface area contributed by atoms with Crippen molar-refractivity contribution in [3.63, 3.8) is 0 Å². The molecule has 104 valence electrons. The molecule has 0 unspecified atom stereocenters. The monoisotopic (exact) mass is 265 g/mol. The number of hydrogen-bond acceptors (Lipinski definition) is 3. The van der Waals surface area contributed by atoms with Crippen molar-refractivity contribution in [1.82, 2.24) is 10.3 Å². The third-order valence-electron chi connectivity index (χ3n) is 3.79. The second kappa shape index (κ2) is 5.44. The van der Waals surface area contributed by atoms with Crippen LogP contribution >= 0.6 is 0 Å². The molecule has 0 saturated heterocycles. The van der Waals surface area contributed by atoms with Gasteiger partial charge in [0.1, 0.15) is 5.54 Å². The molecule has 0 radical (unpaired) electrons. The van der Waals surface area contributed by atoms with Gasteiger partial charge in [-0.1, -0.05) is 0 Å². The highest BCUT2D eigenvalue weighted by Gasteiger charge is 2.39. The molecule has 0 atom stereocenters. The normalized spacial score (nSPS) is 26.9. The second-order valence-corrected chi connectivity index (χ2v) is 5.15. The molecule has 1 amide bonds. The van der Waals surface area contributed by atoms with Crippen LogP contribution in [0, 0.1) is 5.92 Å². The summed E-state index contributed by atoms with van der Waals surface area (Å²) in [7, 11) is 0. The summed E-state index contributed by atoms with van der Waals surface area (Å²) in [5.41, 5.74) is 5.57. The minimum absolute atomic E-state index is 0.0259. The van der Waals surface area contributed by atoms with Gasteiger partial charge in [-0.2, -0.15) is 0 Å². The first-order valence-electron chi connectivity index (χ1n) is 6.43. The van der Waals surface area contributed by atoms with Gasteiger partial charge in [-0.05, 0) is 37.8 Å². The Labute approximate surface area is 111 Å². The summed E-state index contributed by atoms with van der Waals surface area (Å²) in [6.07, 6.45) is 3.56. The maximum absolute atomic E-state index is 12.0. The van der Waals surface area contributed by atoms with E-state index in [1.807, 2.05) is 12.1 Å². The van der Waals surface area contributed by atoms with E-state index >= 15 is 0 Å². The van der Waals surface area contributed by atoms with Crippen LogP contribution in [0.15, 0.2) is 18.3 Å². The van der Waals surface area contributed by atoms with Gasteiger partial charge in [0.15, 0.2) is 0 Å². The molecule has 1 aromatic heterocycles. The van der Waals surface area contributed by atoms with Crippen molar-refractivity contribution in [3.05, 3.63) is 24.0 Å². The fourth-order valence-corrected chi connectivity index (χ4v) is 2.41. The van der Waals surface area contributed by atoms with Gasteiger partial charge in [-0.25, -0.2) is 0 Å². The highest BCUT2D eigenvalue weighted by Crippen LogP contribution is 2.30. The zero-order valence-electron chi connectivity index (χ0n) is 10.7. The van der Waals surface area contributed by atoms with E-state index in [9.17, 15) is 9.59 Å². The first kappa shape index (κ1) is 13.6. The third-order valence-corrected chi connectivity index (χ3v) is 3.79. The molecule has 0 aliphatic heterocycles. The van der Waals surface area contributed by atoms with Gasteiger partial charge < -0.3 is 21.1 Å². The van der Waals surface area contributed by atoms with E-state index < -0.39 is 11.5 Å². The summed E-state index contributed by atoms with van der Waals surface area (Å²) in [6, 6.07) is 3.77. The van der Waals surface area contributed by atoms with Gasteiger partial charge in [0.05, 0.1) is 6.54 Å². The summed E-state index contributed by atoms with van der Waals surface area (Å²) in [6.45, 7) is 0.467. The predicted octanol–water partition coefficient (Wildman–Crippen LogP) is 0.603. The summed E-state index contributed by atoms with van der Waals surface area (Å²) < 4.78 is 0. The third kappa shape index (κ3) is 3.14. The van der Waals surface area contributed by atoms with E-state index in [-0.39, 0.29) is 11.8 Å². The van der Waals surface area contributed by atoms with Crippen molar-refractivity contribution in [2.24, 2.45) is 11.7 Å². The number of carbonyl (C=O) groups excluding carboxylic acids is 1. The van der Waals surface area contributed by atoms with Crippen LogP contribution in [-0.2, 0) is 16.1 Å². The molecular weight excluding hydrogens is 246 g/mol. The zero-order valence-corrected chi connectivity index (χ0v) is 10.7. The van der Waals surface area contributed by atoms with E-state index in [0.29, 0.717) is 32.2 Å². The zero-order chi connectivity index (χ0) is 13.9. The smallest absolute Gasteiger partial charge is 0.323 e. The Morgan fingerprint density at radius 1 is 1.47 bits per heavy atom. The molecule has 1 heterocycles. The molecule has 1 saturated carbocycles. The van der Waals surface area contributed by atoms with Crippen LogP contribution in [0.3, 0.4) is 0 Å². The fourth-order valence-electron chi connectivity index (χ4n) is 2.41. The Balaban J connectivity index is 1.81. The Bertz CT molecular complexity index is 448. The van der Waals surface area contributed by atoms with Crippen molar-refractivity contribution in [1.29, 1.82) is 0 Å². The second-order valence-electron chi connectivity index (χ2n) is 5.15. The van der Waals surface area contributed by atoms with Crippen molar-refractivity contribution in [2.45, 2.75) is 37.8 Å². The lowest BCUT2D eigenvalue weighted by molar-refractivity contribution is -0.146. The van der Waals surface area contributed by atoms with E-state index in [1.165, 1.54) is 0 Å². The molecule has 5 N–H and O–H groups in total. The number of aromatic amines is 1. The largest absolute Gasteiger partial charge is 0.480 e. The van der Waals surface area contributed by atoms with Crippen LogP contribution in [0.5, 0.6) is 0 Å². The number of nitrogens with two attached hydrogens (primary N) is 1. The quantitative estimate of drug-likeness (QED) is 0.639. The maximum Gasteiger partial charge on any atom is 0.323 e. The van der Waals surface area contributed by atoms with Crippen LogP contribution in [0.25, 0.3) is 0 Å². The van der Waals surface area contributed by atoms with Gasteiger partial charge >= 0.3 is 5.97 Å². The number of amides is 1. The van der Waals surface area contributed by atoms with Gasteiger partial charge in [-0.15, -0.1) is 0 Å². The van der Waals surface area contributed by atoms with Crippen molar-refractivity contribution in [3.8, 4) is 0 Å². The summed E-state index contributed by atoms with van der Waals surface area (Å²) in [4.78, 5) is 26.0. The number of aliphatic carboxylic acids is 1. The first-order valence-corrected chi connectivity index (χ1v) is 6.43. The minimum Gasteiger partial charge on any atom is -0.480 e. The molecule has 19 heavy (non-hydrogen) atoms. The van der Waals surface area contributed by atoms with E-state index in [4.69, 9.17) is 10.8 Å². The number of nitrogens with one attached hydrogen (secondary N) is 2. The van der Waals surface area contributed by atoms with E-state index in [1.54, 1.807) is 6.20 Å². The molecule has 1 fully saturated rings. The Morgan fingerprint density at radius 3 is 2.68 bits per heavy atom. The number of rotatable bonds is 4. The molecule has 2 rings (SSSR count). The molecule has 6 heteroatoms. The SMILES string of the molecule is NC1(C(=O)O)CCC(C(=O)NCc2ccc[nH]2)CC1. The van der Waals surface area contributed by atoms with Gasteiger partial charge in [0.25, 0.3) is 0 Å². The first-order chi connectivity index (χ1) is 9.01. The molecular formula is C13H19N3O3. The van der Waals surface area contributed by atoms with Crippen LogP contribution in [0.4, 0.5) is 0 Å². The standard InChI is InChI=1S/C13H19N3O3/c14-13(12(18)19)5-3-9(4-6-13)11(17)16-8-10-2-1-7-15-10/h1-2,7,9,15H,3-6,8,14H2,(H,16,17)(H,18,19). The predicted molar refractivity (Wildman–Crippen MR) is 69.2 cm³/mol. The number of aromatic nitrogens is 1. The number of H-pyrrole nitrogens is 1. The maximum atomic E-state index is 12.0. The Morgan fingerprint density at radius 2 is 2.16 bits per heavy atom. The molecule has 0 spiro atoms. The topological polar surface area (TPSA) is 108 Å². The number of carboxylic acid groups (broad SMARTS) is 1. The van der Waals surface area contributed by atoms with E-state index in [0.717, 1.165) is 5.69 Å². The summed E-state index contributed by atoms with van der Waals surface area (Å²) in [5.74, 6) is -1.13. The van der Waals surface area contributed by atoms with Gasteiger partial charge in [0, 0.05) is 17.8 Å². The van der Waals surface area contributed by atoms with Crippen LogP contribution in [0.2, 0.25) is 0 Å².